The first kappa shape index (κ1) is 17.8. The lowest BCUT2D eigenvalue weighted by Gasteiger charge is -2.59. The molecule has 4 rings (SSSR count). The molecule has 0 aromatic rings. The van der Waals surface area contributed by atoms with Gasteiger partial charge in [0.05, 0.1) is 6.10 Å². The first-order valence-electron chi connectivity index (χ1n) is 9.98. The van der Waals surface area contributed by atoms with Crippen molar-refractivity contribution >= 4 is 17.4 Å². The largest absolute Gasteiger partial charge is 0.392 e. The van der Waals surface area contributed by atoms with Crippen LogP contribution in [0.3, 0.4) is 0 Å². The molecule has 4 aliphatic carbocycles. The maximum absolute atomic E-state index is 12.0. The highest BCUT2D eigenvalue weighted by Gasteiger charge is 2.60. The van der Waals surface area contributed by atoms with Crippen molar-refractivity contribution < 1.29 is 9.90 Å². The topological polar surface area (TPSA) is 37.3 Å². The Labute approximate surface area is 156 Å². The summed E-state index contributed by atoms with van der Waals surface area (Å²) in [5, 5.41) is 10.9. The summed E-state index contributed by atoms with van der Waals surface area (Å²) in [6.07, 6.45) is 8.65. The Hall–Kier alpha value is -0.600. The first-order valence-corrected chi connectivity index (χ1v) is 10.5. The third-order valence-electron chi connectivity index (χ3n) is 8.73. The lowest BCUT2D eigenvalue weighted by Crippen LogP contribution is -2.55. The van der Waals surface area contributed by atoms with Crippen LogP contribution in [-0.2, 0) is 4.79 Å². The van der Waals surface area contributed by atoms with E-state index in [2.05, 4.69) is 20.4 Å². The Morgan fingerprint density at radius 2 is 2.04 bits per heavy atom. The number of carbonyl (C=O) groups is 1. The molecule has 1 N–H and O–H groups in total. The minimum atomic E-state index is -0.507. The lowest BCUT2D eigenvalue weighted by atomic mass is 9.46. The number of carbonyl (C=O) groups excluding carboxylic acids is 1. The molecule has 7 atom stereocenters. The van der Waals surface area contributed by atoms with Gasteiger partial charge in [-0.15, -0.1) is 11.6 Å². The quantitative estimate of drug-likeness (QED) is 0.560. The zero-order valence-electron chi connectivity index (χ0n) is 15.6. The highest BCUT2D eigenvalue weighted by molar-refractivity contribution is 6.19. The average Bonchev–Trinajstić information content (AvgIpc) is 2.93. The Morgan fingerprint density at radius 3 is 2.76 bits per heavy atom. The van der Waals surface area contributed by atoms with Crippen molar-refractivity contribution in [2.45, 2.75) is 64.9 Å². The third-order valence-corrected chi connectivity index (χ3v) is 9.08. The Morgan fingerprint density at radius 1 is 1.28 bits per heavy atom. The summed E-state index contributed by atoms with van der Waals surface area (Å²) in [4.78, 5) is 12.0. The molecule has 138 valence electrons. The summed E-state index contributed by atoms with van der Waals surface area (Å²) in [6, 6.07) is 0. The highest BCUT2D eigenvalue weighted by atomic mass is 35.5. The molecule has 25 heavy (non-hydrogen) atoms. The molecule has 2 nitrogen and oxygen atoms in total. The predicted octanol–water partition coefficient (Wildman–Crippen LogP) is 4.90. The molecule has 0 saturated heterocycles. The van der Waals surface area contributed by atoms with E-state index in [9.17, 15) is 9.90 Å². The van der Waals surface area contributed by atoms with Gasteiger partial charge in [-0.25, -0.2) is 0 Å². The second-order valence-corrected chi connectivity index (χ2v) is 9.79. The molecule has 1 unspecified atom stereocenters. The van der Waals surface area contributed by atoms with E-state index in [1.165, 1.54) is 36.8 Å². The molecule has 0 heterocycles. The van der Waals surface area contributed by atoms with Crippen LogP contribution in [0.15, 0.2) is 23.8 Å². The smallest absolute Gasteiger partial charge is 0.158 e. The molecular weight excluding hydrogens is 332 g/mol. The van der Waals surface area contributed by atoms with Crippen LogP contribution in [0.25, 0.3) is 0 Å². The van der Waals surface area contributed by atoms with E-state index >= 15 is 0 Å². The van der Waals surface area contributed by atoms with Gasteiger partial charge >= 0.3 is 0 Å². The molecule has 4 aliphatic rings. The number of hydrogen-bond donors (Lipinski definition) is 1. The van der Waals surface area contributed by atoms with Crippen LogP contribution in [0.2, 0.25) is 0 Å². The zero-order chi connectivity index (χ0) is 18.0. The van der Waals surface area contributed by atoms with Crippen molar-refractivity contribution in [2.75, 3.05) is 5.88 Å². The number of allylic oxidation sites excluding steroid dienone is 1. The minimum absolute atomic E-state index is 0.110. The molecule has 3 saturated carbocycles. The number of rotatable bonds is 2. The standard InChI is InChI=1S/C22H31ClO2/c1-13(12-23)17-6-7-18-16-5-4-14-10-15(24)11-20(25)22(14,3)19(16)8-9-21(17,18)2/h10,16-20,25H,1,4-9,11-12H2,2-3H3/t16-,17+,18-,19-,20?,21+,22-/m0/s1. The van der Waals surface area contributed by atoms with Gasteiger partial charge in [0.2, 0.25) is 0 Å². The van der Waals surface area contributed by atoms with Crippen molar-refractivity contribution in [1.82, 2.24) is 0 Å². The van der Waals surface area contributed by atoms with Crippen LogP contribution in [0.1, 0.15) is 58.8 Å². The molecule has 0 amide bonds. The minimum Gasteiger partial charge on any atom is -0.392 e. The average molecular weight is 363 g/mol. The van der Waals surface area contributed by atoms with Crippen LogP contribution < -0.4 is 0 Å². The number of alkyl halides is 1. The van der Waals surface area contributed by atoms with E-state index < -0.39 is 6.10 Å². The van der Waals surface area contributed by atoms with Gasteiger partial charge < -0.3 is 5.11 Å². The van der Waals surface area contributed by atoms with E-state index in [0.29, 0.717) is 41.4 Å². The van der Waals surface area contributed by atoms with Gasteiger partial charge in [-0.05, 0) is 73.7 Å². The Kier molecular flexibility index (Phi) is 4.24. The van der Waals surface area contributed by atoms with E-state index in [4.69, 9.17) is 11.6 Å². The fraction of sp³-hybridized carbons (Fsp3) is 0.773. The molecular formula is C22H31ClO2. The highest BCUT2D eigenvalue weighted by Crippen LogP contribution is 2.67. The van der Waals surface area contributed by atoms with Gasteiger partial charge in [0.25, 0.3) is 0 Å². The van der Waals surface area contributed by atoms with Crippen molar-refractivity contribution in [3.8, 4) is 0 Å². The molecule has 0 aromatic heterocycles. The van der Waals surface area contributed by atoms with E-state index in [0.717, 1.165) is 12.8 Å². The molecule has 3 fully saturated rings. The fourth-order valence-corrected chi connectivity index (χ4v) is 7.56. The third kappa shape index (κ3) is 2.36. The zero-order valence-corrected chi connectivity index (χ0v) is 16.3. The van der Waals surface area contributed by atoms with Crippen molar-refractivity contribution in [1.29, 1.82) is 0 Å². The number of ketones is 1. The second-order valence-electron chi connectivity index (χ2n) is 9.52. The van der Waals surface area contributed by atoms with Crippen LogP contribution in [0.5, 0.6) is 0 Å². The second kappa shape index (κ2) is 5.96. The SMILES string of the molecule is C=C(CCl)[C@H]1CC[C@H]2[C@@H]3CCC4=CC(=O)CC(O)[C@]4(C)[C@H]3CC[C@]12C. The maximum Gasteiger partial charge on any atom is 0.158 e. The maximum atomic E-state index is 12.0. The fourth-order valence-electron chi connectivity index (χ4n) is 7.37. The summed E-state index contributed by atoms with van der Waals surface area (Å²) in [5.74, 6) is 3.12. The number of aliphatic hydroxyl groups excluding tert-OH is 1. The van der Waals surface area contributed by atoms with Crippen molar-refractivity contribution in [3.63, 3.8) is 0 Å². The Balaban J connectivity index is 1.67. The molecule has 0 radical (unpaired) electrons. The van der Waals surface area contributed by atoms with E-state index in [1.807, 2.05) is 6.08 Å². The Bertz CT molecular complexity index is 638. The van der Waals surface area contributed by atoms with E-state index in [1.54, 1.807) is 0 Å². The summed E-state index contributed by atoms with van der Waals surface area (Å²) >= 11 is 6.14. The number of fused-ring (bicyclic) bond motifs is 5. The molecule has 0 aromatic carbocycles. The van der Waals surface area contributed by atoms with Gasteiger partial charge in [-0.3, -0.25) is 4.79 Å². The van der Waals surface area contributed by atoms with Crippen LogP contribution in [-0.4, -0.2) is 22.9 Å². The van der Waals surface area contributed by atoms with Gasteiger partial charge in [-0.2, -0.15) is 0 Å². The van der Waals surface area contributed by atoms with E-state index in [-0.39, 0.29) is 11.2 Å². The van der Waals surface area contributed by atoms with Gasteiger partial charge in [0.1, 0.15) is 0 Å². The predicted molar refractivity (Wildman–Crippen MR) is 101 cm³/mol. The molecule has 0 spiro atoms. The number of hydrogen-bond acceptors (Lipinski definition) is 2. The molecule has 0 aliphatic heterocycles. The van der Waals surface area contributed by atoms with Crippen molar-refractivity contribution in [2.24, 2.45) is 34.5 Å². The molecule has 0 bridgehead atoms. The van der Waals surface area contributed by atoms with Crippen LogP contribution in [0, 0.1) is 34.5 Å². The summed E-state index contributed by atoms with van der Waals surface area (Å²) in [5.41, 5.74) is 2.57. The number of aliphatic hydroxyl groups is 1. The summed E-state index contributed by atoms with van der Waals surface area (Å²) in [7, 11) is 0. The van der Waals surface area contributed by atoms with Gasteiger partial charge in [-0.1, -0.05) is 31.6 Å². The lowest BCUT2D eigenvalue weighted by molar-refractivity contribution is -0.127. The van der Waals surface area contributed by atoms with Crippen LogP contribution >= 0.6 is 11.6 Å². The number of halogens is 1. The summed E-state index contributed by atoms with van der Waals surface area (Å²) < 4.78 is 0. The van der Waals surface area contributed by atoms with Crippen molar-refractivity contribution in [3.05, 3.63) is 23.8 Å². The summed E-state index contributed by atoms with van der Waals surface area (Å²) in [6.45, 7) is 8.98. The van der Waals surface area contributed by atoms with Crippen LogP contribution in [0.4, 0.5) is 0 Å². The van der Waals surface area contributed by atoms with Gasteiger partial charge in [0, 0.05) is 17.7 Å². The normalized spacial score (nSPS) is 49.0. The van der Waals surface area contributed by atoms with Gasteiger partial charge in [0.15, 0.2) is 5.78 Å². The molecule has 3 heteroatoms. The first-order chi connectivity index (χ1) is 11.8. The monoisotopic (exact) mass is 362 g/mol.